The van der Waals surface area contributed by atoms with Gasteiger partial charge in [-0.15, -0.1) is 0 Å². The fraction of sp³-hybridized carbons (Fsp3) is 0.882. The number of hydrogen-bond acceptors (Lipinski definition) is 5. The van der Waals surface area contributed by atoms with Crippen LogP contribution in [0.15, 0.2) is 0 Å². The molecule has 5 heteroatoms. The summed E-state index contributed by atoms with van der Waals surface area (Å²) in [6.07, 6.45) is 4.42. The Hall–Kier alpha value is -1.10. The van der Waals surface area contributed by atoms with E-state index in [1.807, 2.05) is 6.92 Å². The summed E-state index contributed by atoms with van der Waals surface area (Å²) in [5, 5.41) is 10.5. The fourth-order valence-corrected chi connectivity index (χ4v) is 5.90. The number of fused-ring (bicyclic) bond motifs is 4. The van der Waals surface area contributed by atoms with Crippen LogP contribution >= 0.6 is 0 Å². The maximum absolute atomic E-state index is 12.1. The highest BCUT2D eigenvalue weighted by Gasteiger charge is 2.64. The SMILES string of the molecule is C[C@@H]1C(=O)O[C@@H]2C[C@@H]3[C@@H](CCC[C@@H]3O)[C@@]3(CCC(=O)OC3)[C@H]12. The lowest BCUT2D eigenvalue weighted by molar-refractivity contribution is -0.189. The number of rotatable bonds is 0. The van der Waals surface area contributed by atoms with Crippen molar-refractivity contribution in [3.05, 3.63) is 0 Å². The third-order valence-corrected chi connectivity index (χ3v) is 6.81. The molecule has 122 valence electrons. The van der Waals surface area contributed by atoms with Gasteiger partial charge in [-0.05, 0) is 37.5 Å². The molecule has 0 radical (unpaired) electrons. The van der Waals surface area contributed by atoms with Crippen molar-refractivity contribution in [2.75, 3.05) is 6.61 Å². The molecular weight excluding hydrogens is 284 g/mol. The molecule has 4 rings (SSSR count). The first-order valence-electron chi connectivity index (χ1n) is 8.57. The van der Waals surface area contributed by atoms with Gasteiger partial charge in [0.15, 0.2) is 0 Å². The van der Waals surface area contributed by atoms with Crippen LogP contribution in [0.2, 0.25) is 0 Å². The van der Waals surface area contributed by atoms with Gasteiger partial charge in [-0.1, -0.05) is 13.3 Å². The van der Waals surface area contributed by atoms with E-state index in [2.05, 4.69) is 0 Å². The zero-order chi connectivity index (χ0) is 15.5. The molecular formula is C17H24O5. The van der Waals surface area contributed by atoms with E-state index in [-0.39, 0.29) is 47.3 Å². The first-order valence-corrected chi connectivity index (χ1v) is 8.57. The molecule has 2 aliphatic heterocycles. The molecule has 0 aromatic heterocycles. The normalized spacial score (nSPS) is 51.0. The van der Waals surface area contributed by atoms with Gasteiger partial charge in [0, 0.05) is 17.8 Å². The van der Waals surface area contributed by atoms with E-state index in [0.717, 1.165) is 32.1 Å². The molecule has 1 N–H and O–H groups in total. The Morgan fingerprint density at radius 2 is 2.09 bits per heavy atom. The third-order valence-electron chi connectivity index (χ3n) is 6.81. The lowest BCUT2D eigenvalue weighted by atomic mass is 9.48. The molecule has 4 fully saturated rings. The van der Waals surface area contributed by atoms with Gasteiger partial charge in [0.2, 0.25) is 0 Å². The van der Waals surface area contributed by atoms with E-state index in [1.165, 1.54) is 0 Å². The van der Waals surface area contributed by atoms with Crippen molar-refractivity contribution < 1.29 is 24.2 Å². The summed E-state index contributed by atoms with van der Waals surface area (Å²) in [6, 6.07) is 0. The second-order valence-corrected chi connectivity index (χ2v) is 7.69. The summed E-state index contributed by atoms with van der Waals surface area (Å²) in [7, 11) is 0. The van der Waals surface area contributed by atoms with Crippen LogP contribution in [0.1, 0.15) is 45.4 Å². The Kier molecular flexibility index (Phi) is 3.26. The standard InChI is InChI=1S/C17H24O5/c1-9-15-13(22-16(9)20)7-10-11(3-2-4-12(10)18)17(15)6-5-14(19)21-8-17/h9-13,15,18H,2-8H2,1H3/t9-,10+,11+,12-,13+,15+,17-/m0/s1. The number of esters is 2. The molecule has 0 bridgehead atoms. The number of aliphatic hydroxyl groups excluding tert-OH is 1. The topological polar surface area (TPSA) is 72.8 Å². The second kappa shape index (κ2) is 4.95. The van der Waals surface area contributed by atoms with Crippen molar-refractivity contribution in [3.63, 3.8) is 0 Å². The second-order valence-electron chi connectivity index (χ2n) is 7.69. The molecule has 0 amide bonds. The molecule has 22 heavy (non-hydrogen) atoms. The van der Waals surface area contributed by atoms with Crippen LogP contribution < -0.4 is 0 Å². The van der Waals surface area contributed by atoms with Crippen LogP contribution in [-0.2, 0) is 19.1 Å². The molecule has 5 nitrogen and oxygen atoms in total. The van der Waals surface area contributed by atoms with Gasteiger partial charge in [0.1, 0.15) is 6.10 Å². The fourth-order valence-electron chi connectivity index (χ4n) is 5.90. The Labute approximate surface area is 130 Å². The summed E-state index contributed by atoms with van der Waals surface area (Å²) in [6.45, 7) is 2.34. The van der Waals surface area contributed by atoms with Crippen LogP contribution in [0, 0.1) is 29.1 Å². The Morgan fingerprint density at radius 3 is 2.82 bits per heavy atom. The van der Waals surface area contributed by atoms with E-state index in [1.54, 1.807) is 0 Å². The molecule has 7 atom stereocenters. The molecule has 2 aliphatic carbocycles. The lowest BCUT2D eigenvalue weighted by Crippen LogP contribution is -2.59. The van der Waals surface area contributed by atoms with Gasteiger partial charge in [-0.2, -0.15) is 0 Å². The summed E-state index contributed by atoms with van der Waals surface area (Å²) in [5.41, 5.74) is -0.186. The van der Waals surface area contributed by atoms with Gasteiger partial charge in [-0.25, -0.2) is 0 Å². The molecule has 0 unspecified atom stereocenters. The average molecular weight is 308 g/mol. The van der Waals surface area contributed by atoms with Crippen molar-refractivity contribution in [1.82, 2.24) is 0 Å². The predicted molar refractivity (Wildman–Crippen MR) is 76.6 cm³/mol. The quantitative estimate of drug-likeness (QED) is 0.689. The molecule has 1 spiro atoms. The molecule has 4 aliphatic rings. The lowest BCUT2D eigenvalue weighted by Gasteiger charge is -2.57. The Morgan fingerprint density at radius 1 is 1.27 bits per heavy atom. The summed E-state index contributed by atoms with van der Waals surface area (Å²) >= 11 is 0. The molecule has 2 heterocycles. The van der Waals surface area contributed by atoms with Crippen molar-refractivity contribution >= 4 is 11.9 Å². The van der Waals surface area contributed by atoms with Crippen molar-refractivity contribution in [2.45, 2.75) is 57.7 Å². The molecule has 0 aromatic carbocycles. The number of carbonyl (C=O) groups is 2. The first kappa shape index (κ1) is 14.5. The largest absolute Gasteiger partial charge is 0.465 e. The number of carbonyl (C=O) groups excluding carboxylic acids is 2. The van der Waals surface area contributed by atoms with Gasteiger partial charge >= 0.3 is 11.9 Å². The highest BCUT2D eigenvalue weighted by atomic mass is 16.6. The average Bonchev–Trinajstić information content (AvgIpc) is 2.79. The molecule has 0 aromatic rings. The van der Waals surface area contributed by atoms with Gasteiger partial charge in [0.25, 0.3) is 0 Å². The van der Waals surface area contributed by atoms with Gasteiger partial charge < -0.3 is 14.6 Å². The molecule has 2 saturated heterocycles. The van der Waals surface area contributed by atoms with Crippen LogP contribution in [0.25, 0.3) is 0 Å². The van der Waals surface area contributed by atoms with E-state index in [9.17, 15) is 14.7 Å². The van der Waals surface area contributed by atoms with E-state index >= 15 is 0 Å². The minimum absolute atomic E-state index is 0.117. The highest BCUT2D eigenvalue weighted by Crippen LogP contribution is 2.61. The first-order chi connectivity index (χ1) is 10.5. The highest BCUT2D eigenvalue weighted by molar-refractivity contribution is 5.75. The number of aliphatic hydroxyl groups is 1. The Balaban J connectivity index is 1.75. The van der Waals surface area contributed by atoms with Crippen molar-refractivity contribution in [3.8, 4) is 0 Å². The molecule has 2 saturated carbocycles. The maximum atomic E-state index is 12.1. The van der Waals surface area contributed by atoms with Gasteiger partial charge in [0.05, 0.1) is 18.6 Å². The monoisotopic (exact) mass is 308 g/mol. The number of ether oxygens (including phenoxy) is 2. The van der Waals surface area contributed by atoms with E-state index in [4.69, 9.17) is 9.47 Å². The smallest absolute Gasteiger partial charge is 0.309 e. The van der Waals surface area contributed by atoms with Crippen molar-refractivity contribution in [1.29, 1.82) is 0 Å². The zero-order valence-corrected chi connectivity index (χ0v) is 13.0. The Bertz CT molecular complexity index is 491. The van der Waals surface area contributed by atoms with Crippen LogP contribution in [0.5, 0.6) is 0 Å². The summed E-state index contributed by atoms with van der Waals surface area (Å²) < 4.78 is 11.1. The van der Waals surface area contributed by atoms with Crippen LogP contribution in [-0.4, -0.2) is 35.9 Å². The third kappa shape index (κ3) is 1.87. The van der Waals surface area contributed by atoms with Crippen LogP contribution in [0.4, 0.5) is 0 Å². The number of cyclic esters (lactones) is 1. The summed E-state index contributed by atoms with van der Waals surface area (Å²) in [5.74, 6) is 0.229. The minimum atomic E-state index is -0.316. The summed E-state index contributed by atoms with van der Waals surface area (Å²) in [4.78, 5) is 23.7. The van der Waals surface area contributed by atoms with E-state index in [0.29, 0.717) is 18.9 Å². The van der Waals surface area contributed by atoms with Crippen molar-refractivity contribution in [2.24, 2.45) is 29.1 Å². The van der Waals surface area contributed by atoms with Gasteiger partial charge in [-0.3, -0.25) is 9.59 Å². The predicted octanol–water partition coefficient (Wildman–Crippen LogP) is 1.67. The number of hydrogen-bond donors (Lipinski definition) is 1. The maximum Gasteiger partial charge on any atom is 0.309 e. The van der Waals surface area contributed by atoms with E-state index < -0.39 is 0 Å². The van der Waals surface area contributed by atoms with Crippen LogP contribution in [0.3, 0.4) is 0 Å². The minimum Gasteiger partial charge on any atom is -0.465 e. The zero-order valence-electron chi connectivity index (χ0n) is 13.0.